The molecular formula is C16H25N2O4-. The number of amides is 1. The summed E-state index contributed by atoms with van der Waals surface area (Å²) in [6.07, 6.45) is 5.69. The van der Waals surface area contributed by atoms with Gasteiger partial charge in [-0.1, -0.05) is 19.9 Å². The van der Waals surface area contributed by atoms with Gasteiger partial charge in [-0.15, -0.1) is 0 Å². The minimum Gasteiger partial charge on any atom is -0.545 e. The Morgan fingerprint density at radius 1 is 1.50 bits per heavy atom. The van der Waals surface area contributed by atoms with E-state index in [1.54, 1.807) is 13.0 Å². The maximum absolute atomic E-state index is 11.8. The van der Waals surface area contributed by atoms with E-state index in [2.05, 4.69) is 5.32 Å². The van der Waals surface area contributed by atoms with Crippen molar-refractivity contribution in [1.82, 2.24) is 5.32 Å². The first-order chi connectivity index (χ1) is 10.4. The fraction of sp³-hybridized carbons (Fsp3) is 0.625. The van der Waals surface area contributed by atoms with Crippen molar-refractivity contribution < 1.29 is 19.4 Å². The summed E-state index contributed by atoms with van der Waals surface area (Å²) in [7, 11) is 0. The van der Waals surface area contributed by atoms with E-state index in [-0.39, 0.29) is 24.0 Å². The van der Waals surface area contributed by atoms with Crippen LogP contribution in [-0.2, 0) is 14.3 Å². The molecule has 0 bridgehead atoms. The van der Waals surface area contributed by atoms with E-state index in [9.17, 15) is 14.7 Å². The molecule has 3 atom stereocenters. The SMILES string of the molecule is C/C=C/C(=O)N[C@@H]1[C@@H](N)CC(C(=O)[O-])=C[C@H]1OC(CC)CC. The Balaban J connectivity index is 2.98. The normalized spacial score (nSPS) is 25.3. The lowest BCUT2D eigenvalue weighted by Crippen LogP contribution is -2.57. The topological polar surface area (TPSA) is 104 Å². The Morgan fingerprint density at radius 3 is 2.64 bits per heavy atom. The first kappa shape index (κ1) is 18.4. The lowest BCUT2D eigenvalue weighted by molar-refractivity contribution is -0.299. The fourth-order valence-corrected chi connectivity index (χ4v) is 2.53. The quantitative estimate of drug-likeness (QED) is 0.646. The lowest BCUT2D eigenvalue weighted by atomic mass is 9.88. The van der Waals surface area contributed by atoms with Crippen LogP contribution < -0.4 is 16.2 Å². The second-order valence-corrected chi connectivity index (χ2v) is 5.42. The van der Waals surface area contributed by atoms with Gasteiger partial charge >= 0.3 is 0 Å². The predicted octanol–water partition coefficient (Wildman–Crippen LogP) is 0.0284. The van der Waals surface area contributed by atoms with E-state index < -0.39 is 24.2 Å². The predicted molar refractivity (Wildman–Crippen MR) is 81.7 cm³/mol. The van der Waals surface area contributed by atoms with Gasteiger partial charge in [0.2, 0.25) is 5.91 Å². The summed E-state index contributed by atoms with van der Waals surface area (Å²) in [4.78, 5) is 22.9. The van der Waals surface area contributed by atoms with Crippen LogP contribution in [0.15, 0.2) is 23.8 Å². The summed E-state index contributed by atoms with van der Waals surface area (Å²) in [5, 5.41) is 13.9. The number of nitrogens with two attached hydrogens (primary N) is 1. The number of carbonyl (C=O) groups is 2. The number of allylic oxidation sites excluding steroid dienone is 1. The average molecular weight is 309 g/mol. The smallest absolute Gasteiger partial charge is 0.244 e. The van der Waals surface area contributed by atoms with Crippen LogP contribution in [0.5, 0.6) is 0 Å². The first-order valence-corrected chi connectivity index (χ1v) is 7.69. The van der Waals surface area contributed by atoms with Crippen LogP contribution in [0.2, 0.25) is 0 Å². The molecule has 0 fully saturated rings. The molecule has 6 nitrogen and oxygen atoms in total. The van der Waals surface area contributed by atoms with E-state index >= 15 is 0 Å². The van der Waals surface area contributed by atoms with Crippen molar-refractivity contribution in [1.29, 1.82) is 0 Å². The molecule has 0 aromatic heterocycles. The second-order valence-electron chi connectivity index (χ2n) is 5.42. The largest absolute Gasteiger partial charge is 0.545 e. The zero-order valence-electron chi connectivity index (χ0n) is 13.4. The summed E-state index contributed by atoms with van der Waals surface area (Å²) in [6, 6.07) is -1.00. The number of aliphatic carboxylic acids is 1. The molecule has 0 radical (unpaired) electrons. The third-order valence-corrected chi connectivity index (χ3v) is 3.79. The number of hydrogen-bond donors (Lipinski definition) is 2. The minimum atomic E-state index is -1.24. The molecule has 0 unspecified atom stereocenters. The van der Waals surface area contributed by atoms with Gasteiger partial charge in [0.1, 0.15) is 0 Å². The highest BCUT2D eigenvalue weighted by molar-refractivity contribution is 5.88. The van der Waals surface area contributed by atoms with Crippen LogP contribution in [0.1, 0.15) is 40.0 Å². The van der Waals surface area contributed by atoms with Gasteiger partial charge in [-0.3, -0.25) is 4.79 Å². The minimum absolute atomic E-state index is 0.0179. The van der Waals surface area contributed by atoms with Crippen molar-refractivity contribution in [3.63, 3.8) is 0 Å². The van der Waals surface area contributed by atoms with Gasteiger partial charge < -0.3 is 25.7 Å². The van der Waals surface area contributed by atoms with Crippen LogP contribution in [-0.4, -0.2) is 36.2 Å². The molecule has 0 heterocycles. The maximum Gasteiger partial charge on any atom is 0.244 e. The molecule has 22 heavy (non-hydrogen) atoms. The summed E-state index contributed by atoms with van der Waals surface area (Å²) in [5.74, 6) is -1.52. The molecule has 6 heteroatoms. The summed E-state index contributed by atoms with van der Waals surface area (Å²) in [5.41, 5.74) is 6.17. The van der Waals surface area contributed by atoms with Gasteiger partial charge in [-0.2, -0.15) is 0 Å². The Morgan fingerprint density at radius 2 is 2.14 bits per heavy atom. The Bertz CT molecular complexity index is 455. The Labute approximate surface area is 131 Å². The second kappa shape index (κ2) is 8.70. The molecule has 0 spiro atoms. The Kier molecular flexibility index (Phi) is 7.27. The van der Waals surface area contributed by atoms with Crippen LogP contribution >= 0.6 is 0 Å². The third kappa shape index (κ3) is 4.96. The number of carboxylic acid groups (broad SMARTS) is 1. The molecule has 0 saturated carbocycles. The van der Waals surface area contributed by atoms with Crippen molar-refractivity contribution in [2.24, 2.45) is 5.73 Å². The van der Waals surface area contributed by atoms with Crippen LogP contribution in [0, 0.1) is 0 Å². The number of nitrogens with one attached hydrogen (secondary N) is 1. The van der Waals surface area contributed by atoms with Gasteiger partial charge in [0.05, 0.1) is 24.2 Å². The van der Waals surface area contributed by atoms with E-state index in [1.165, 1.54) is 12.2 Å². The molecule has 1 aliphatic rings. The van der Waals surface area contributed by atoms with Gasteiger partial charge in [0.25, 0.3) is 0 Å². The number of ether oxygens (including phenoxy) is 1. The van der Waals surface area contributed by atoms with E-state index in [0.717, 1.165) is 12.8 Å². The molecule has 124 valence electrons. The lowest BCUT2D eigenvalue weighted by Gasteiger charge is -2.37. The highest BCUT2D eigenvalue weighted by Gasteiger charge is 2.34. The highest BCUT2D eigenvalue weighted by Crippen LogP contribution is 2.22. The van der Waals surface area contributed by atoms with E-state index in [4.69, 9.17) is 10.5 Å². The first-order valence-electron chi connectivity index (χ1n) is 7.69. The zero-order chi connectivity index (χ0) is 16.7. The third-order valence-electron chi connectivity index (χ3n) is 3.79. The molecule has 1 aliphatic carbocycles. The maximum atomic E-state index is 11.8. The molecule has 1 rings (SSSR count). The monoisotopic (exact) mass is 309 g/mol. The molecule has 1 amide bonds. The van der Waals surface area contributed by atoms with Crippen LogP contribution in [0.3, 0.4) is 0 Å². The summed E-state index contributed by atoms with van der Waals surface area (Å²) < 4.78 is 5.95. The molecule has 0 aromatic carbocycles. The average Bonchev–Trinajstić information content (AvgIpc) is 2.47. The van der Waals surface area contributed by atoms with Crippen LogP contribution in [0.4, 0.5) is 0 Å². The number of hydrogen-bond acceptors (Lipinski definition) is 5. The van der Waals surface area contributed by atoms with Crippen molar-refractivity contribution in [2.75, 3.05) is 0 Å². The number of carbonyl (C=O) groups excluding carboxylic acids is 2. The highest BCUT2D eigenvalue weighted by atomic mass is 16.5. The molecule has 3 N–H and O–H groups in total. The van der Waals surface area contributed by atoms with Gasteiger partial charge in [-0.05, 0) is 43.9 Å². The summed E-state index contributed by atoms with van der Waals surface area (Å²) in [6.45, 7) is 5.73. The molecule has 0 saturated heterocycles. The molecular weight excluding hydrogens is 284 g/mol. The van der Waals surface area contributed by atoms with Crippen molar-refractivity contribution in [2.45, 2.75) is 64.3 Å². The zero-order valence-corrected chi connectivity index (χ0v) is 13.4. The summed E-state index contributed by atoms with van der Waals surface area (Å²) >= 11 is 0. The number of rotatable bonds is 7. The Hall–Kier alpha value is -1.66. The van der Waals surface area contributed by atoms with Crippen molar-refractivity contribution in [3.8, 4) is 0 Å². The van der Waals surface area contributed by atoms with E-state index in [1.807, 2.05) is 13.8 Å². The van der Waals surface area contributed by atoms with Gasteiger partial charge in [0.15, 0.2) is 0 Å². The van der Waals surface area contributed by atoms with Crippen molar-refractivity contribution >= 4 is 11.9 Å². The standard InChI is InChI=1S/C16H26N2O4/c1-4-7-14(19)18-15-12(17)8-10(16(20)21)9-13(15)22-11(5-2)6-3/h4,7,9,11-13,15H,5-6,8,17H2,1-3H3,(H,18,19)(H,20,21)/p-1/b7-4+/t12-,13+,15+/m0/s1. The van der Waals surface area contributed by atoms with Crippen LogP contribution in [0.25, 0.3) is 0 Å². The molecule has 0 aromatic rings. The van der Waals surface area contributed by atoms with Crippen molar-refractivity contribution in [3.05, 3.63) is 23.8 Å². The van der Waals surface area contributed by atoms with Gasteiger partial charge in [-0.25, -0.2) is 0 Å². The number of carboxylic acids is 1. The van der Waals surface area contributed by atoms with E-state index in [0.29, 0.717) is 0 Å². The van der Waals surface area contributed by atoms with Gasteiger partial charge in [0, 0.05) is 6.04 Å². The fourth-order valence-electron chi connectivity index (χ4n) is 2.53. The molecule has 0 aliphatic heterocycles.